The third kappa shape index (κ3) is 7.43. The molecule has 0 aliphatic carbocycles. The Morgan fingerprint density at radius 2 is 1.31 bits per heavy atom. The molecule has 1 unspecified atom stereocenters. The van der Waals surface area contributed by atoms with Gasteiger partial charge in [0.25, 0.3) is 0 Å². The summed E-state index contributed by atoms with van der Waals surface area (Å²) in [5, 5.41) is 0. The Bertz CT molecular complexity index is 482. The molecule has 0 bridgehead atoms. The van der Waals surface area contributed by atoms with Gasteiger partial charge in [-0.3, -0.25) is 0 Å². The van der Waals surface area contributed by atoms with E-state index < -0.39 is 0 Å². The van der Waals surface area contributed by atoms with E-state index in [0.717, 1.165) is 6.54 Å². The Labute approximate surface area is 162 Å². The van der Waals surface area contributed by atoms with Crippen molar-refractivity contribution in [3.8, 4) is 0 Å². The van der Waals surface area contributed by atoms with Crippen LogP contribution in [-0.2, 0) is 6.54 Å². The van der Waals surface area contributed by atoms with Crippen molar-refractivity contribution in [2.45, 2.75) is 97.2 Å². The van der Waals surface area contributed by atoms with E-state index in [1.54, 1.807) is 0 Å². The molecule has 0 aromatic heterocycles. The molecular formula is C24H40N2. The minimum absolute atomic E-state index is 0.558. The van der Waals surface area contributed by atoms with Gasteiger partial charge in [0.05, 0.1) is 0 Å². The molecule has 1 aliphatic heterocycles. The molecule has 1 atom stereocenters. The van der Waals surface area contributed by atoms with Gasteiger partial charge in [-0.15, -0.1) is 0 Å². The Morgan fingerprint density at radius 3 is 2.00 bits per heavy atom. The summed E-state index contributed by atoms with van der Waals surface area (Å²) in [6.07, 6.45) is 20.2. The van der Waals surface area contributed by atoms with Crippen LogP contribution in [0.25, 0.3) is 0 Å². The Balaban J connectivity index is 1.83. The summed E-state index contributed by atoms with van der Waals surface area (Å²) in [5.41, 5.74) is 1.41. The van der Waals surface area contributed by atoms with E-state index in [4.69, 9.17) is 0 Å². The highest BCUT2D eigenvalue weighted by molar-refractivity contribution is 5.15. The van der Waals surface area contributed by atoms with E-state index in [1.165, 1.54) is 82.7 Å². The van der Waals surface area contributed by atoms with Crippen LogP contribution >= 0.6 is 0 Å². The zero-order valence-electron chi connectivity index (χ0n) is 17.2. The average Bonchev–Trinajstić information content (AvgIpc) is 3.04. The first-order valence-corrected chi connectivity index (χ1v) is 11.1. The van der Waals surface area contributed by atoms with Gasteiger partial charge in [-0.1, -0.05) is 95.5 Å². The van der Waals surface area contributed by atoms with Crippen molar-refractivity contribution in [2.75, 3.05) is 6.54 Å². The third-order valence-corrected chi connectivity index (χ3v) is 5.51. The highest BCUT2D eigenvalue weighted by Gasteiger charge is 2.25. The van der Waals surface area contributed by atoms with E-state index in [0.29, 0.717) is 6.17 Å². The molecule has 2 nitrogen and oxygen atoms in total. The molecule has 0 N–H and O–H groups in total. The molecule has 26 heavy (non-hydrogen) atoms. The second-order valence-electron chi connectivity index (χ2n) is 7.79. The fourth-order valence-corrected chi connectivity index (χ4v) is 3.90. The fraction of sp³-hybridized carbons (Fsp3) is 0.667. The van der Waals surface area contributed by atoms with Gasteiger partial charge in [0.15, 0.2) is 0 Å². The quantitative estimate of drug-likeness (QED) is 0.333. The second-order valence-corrected chi connectivity index (χ2v) is 7.79. The lowest BCUT2D eigenvalue weighted by molar-refractivity contribution is 0.132. The number of benzene rings is 1. The largest absolute Gasteiger partial charge is 0.356 e. The Morgan fingerprint density at radius 1 is 0.692 bits per heavy atom. The van der Waals surface area contributed by atoms with Crippen LogP contribution < -0.4 is 0 Å². The zero-order chi connectivity index (χ0) is 18.5. The number of unbranched alkanes of at least 4 members (excludes halogenated alkanes) is 8. The maximum Gasteiger partial charge on any atom is 0.101 e. The molecule has 0 fully saturated rings. The van der Waals surface area contributed by atoms with Crippen LogP contribution in [0.5, 0.6) is 0 Å². The lowest BCUT2D eigenvalue weighted by Crippen LogP contribution is -2.38. The fourth-order valence-electron chi connectivity index (χ4n) is 3.90. The van der Waals surface area contributed by atoms with Crippen molar-refractivity contribution >= 4 is 0 Å². The molecule has 1 heterocycles. The molecule has 146 valence electrons. The van der Waals surface area contributed by atoms with E-state index in [-0.39, 0.29) is 0 Å². The normalized spacial score (nSPS) is 16.6. The van der Waals surface area contributed by atoms with Gasteiger partial charge >= 0.3 is 0 Å². The summed E-state index contributed by atoms with van der Waals surface area (Å²) in [6, 6.07) is 10.9. The molecule has 0 spiro atoms. The number of hydrogen-bond acceptors (Lipinski definition) is 2. The Hall–Kier alpha value is -1.44. The van der Waals surface area contributed by atoms with Crippen LogP contribution in [0.4, 0.5) is 0 Å². The molecular weight excluding hydrogens is 316 g/mol. The molecule has 2 heteroatoms. The molecule has 2 rings (SSSR count). The summed E-state index contributed by atoms with van der Waals surface area (Å²) >= 11 is 0. The maximum atomic E-state index is 2.61. The van der Waals surface area contributed by atoms with E-state index in [9.17, 15) is 0 Å². The van der Waals surface area contributed by atoms with Gasteiger partial charge in [0, 0.05) is 25.5 Å². The minimum atomic E-state index is 0.558. The predicted molar refractivity (Wildman–Crippen MR) is 114 cm³/mol. The first-order valence-electron chi connectivity index (χ1n) is 11.1. The van der Waals surface area contributed by atoms with Crippen molar-refractivity contribution in [1.82, 2.24) is 9.80 Å². The van der Waals surface area contributed by atoms with Crippen LogP contribution in [0.3, 0.4) is 0 Å². The van der Waals surface area contributed by atoms with Gasteiger partial charge < -0.3 is 9.80 Å². The van der Waals surface area contributed by atoms with Crippen molar-refractivity contribution in [1.29, 1.82) is 0 Å². The van der Waals surface area contributed by atoms with Crippen molar-refractivity contribution in [2.24, 2.45) is 0 Å². The van der Waals surface area contributed by atoms with E-state index >= 15 is 0 Å². The van der Waals surface area contributed by atoms with Crippen LogP contribution in [0.2, 0.25) is 0 Å². The lowest BCUT2D eigenvalue weighted by atomic mass is 10.1. The van der Waals surface area contributed by atoms with Crippen LogP contribution in [-0.4, -0.2) is 22.5 Å². The number of nitrogens with zero attached hydrogens (tertiary/aromatic N) is 2. The predicted octanol–water partition coefficient (Wildman–Crippen LogP) is 6.93. The van der Waals surface area contributed by atoms with Gasteiger partial charge in [-0.25, -0.2) is 0 Å². The maximum absolute atomic E-state index is 2.61. The first kappa shape index (κ1) is 20.9. The summed E-state index contributed by atoms with van der Waals surface area (Å²) in [7, 11) is 0. The topological polar surface area (TPSA) is 6.48 Å². The number of hydrogen-bond donors (Lipinski definition) is 0. The summed E-state index contributed by atoms with van der Waals surface area (Å²) < 4.78 is 0. The first-order chi connectivity index (χ1) is 12.8. The smallest absolute Gasteiger partial charge is 0.101 e. The van der Waals surface area contributed by atoms with Crippen LogP contribution in [0.15, 0.2) is 42.7 Å². The van der Waals surface area contributed by atoms with Crippen molar-refractivity contribution < 1.29 is 0 Å². The van der Waals surface area contributed by atoms with Gasteiger partial charge in [0.2, 0.25) is 0 Å². The second kappa shape index (κ2) is 12.8. The van der Waals surface area contributed by atoms with Crippen molar-refractivity contribution in [3.05, 3.63) is 48.3 Å². The SMILES string of the molecule is CCCCCCCC1N(CCCCCCC)C=CN1Cc1ccccc1. The molecule has 0 saturated heterocycles. The number of rotatable bonds is 14. The van der Waals surface area contributed by atoms with Crippen molar-refractivity contribution in [3.63, 3.8) is 0 Å². The summed E-state index contributed by atoms with van der Waals surface area (Å²) in [5.74, 6) is 0. The molecule has 1 aromatic carbocycles. The minimum Gasteiger partial charge on any atom is -0.356 e. The molecule has 1 aromatic rings. The average molecular weight is 357 g/mol. The molecule has 0 radical (unpaired) electrons. The van der Waals surface area contributed by atoms with Gasteiger partial charge in [0.1, 0.15) is 6.17 Å². The standard InChI is InChI=1S/C24H40N2/c1-3-5-7-9-14-18-24-25(19-15-10-8-6-4-2)20-21-26(24)22-23-16-12-11-13-17-23/h11-13,16-17,20-21,24H,3-10,14-15,18-19,22H2,1-2H3. The van der Waals surface area contributed by atoms with Crippen LogP contribution in [0, 0.1) is 0 Å². The molecule has 0 saturated carbocycles. The lowest BCUT2D eigenvalue weighted by Gasteiger charge is -2.33. The van der Waals surface area contributed by atoms with E-state index in [1.807, 2.05) is 0 Å². The van der Waals surface area contributed by atoms with E-state index in [2.05, 4.69) is 66.4 Å². The monoisotopic (exact) mass is 356 g/mol. The molecule has 1 aliphatic rings. The summed E-state index contributed by atoms with van der Waals surface area (Å²) in [4.78, 5) is 5.16. The molecule has 0 amide bonds. The van der Waals surface area contributed by atoms with Crippen LogP contribution in [0.1, 0.15) is 90.0 Å². The zero-order valence-corrected chi connectivity index (χ0v) is 17.2. The highest BCUT2D eigenvalue weighted by Crippen LogP contribution is 2.24. The highest BCUT2D eigenvalue weighted by atomic mass is 15.4. The third-order valence-electron chi connectivity index (χ3n) is 5.51. The van der Waals surface area contributed by atoms with Gasteiger partial charge in [-0.05, 0) is 24.8 Å². The van der Waals surface area contributed by atoms with Gasteiger partial charge in [-0.2, -0.15) is 0 Å². The summed E-state index contributed by atoms with van der Waals surface area (Å²) in [6.45, 7) is 6.83. The Kier molecular flexibility index (Phi) is 10.3.